The molecule has 0 fully saturated rings. The van der Waals surface area contributed by atoms with Crippen molar-refractivity contribution >= 4 is 11.9 Å². The SMILES string of the molecule is CC/C=C\C/C=C\C/C=C\C/C=C\C/C=C\CCCCCC(=O)OCC(COCCCCCCCCC/C=C\C/C=C\C/C=C\C/C=C\CC)OC(=O)CCCCCCC. The Bertz CT molecular complexity index is 1210. The highest BCUT2D eigenvalue weighted by atomic mass is 16.6. The maximum Gasteiger partial charge on any atom is 0.306 e. The molecule has 0 aliphatic carbocycles. The summed E-state index contributed by atoms with van der Waals surface area (Å²) in [5, 5.41) is 0. The summed E-state index contributed by atoms with van der Waals surface area (Å²) < 4.78 is 17.2. The molecule has 5 heteroatoms. The van der Waals surface area contributed by atoms with E-state index in [1.165, 1.54) is 44.9 Å². The second-order valence-corrected chi connectivity index (χ2v) is 15.6. The van der Waals surface area contributed by atoms with Crippen molar-refractivity contribution in [2.24, 2.45) is 0 Å². The van der Waals surface area contributed by atoms with Gasteiger partial charge in [0.05, 0.1) is 6.61 Å². The van der Waals surface area contributed by atoms with Gasteiger partial charge in [0, 0.05) is 19.4 Å². The van der Waals surface area contributed by atoms with Crippen molar-refractivity contribution in [1.29, 1.82) is 0 Å². The van der Waals surface area contributed by atoms with Gasteiger partial charge in [0.2, 0.25) is 0 Å². The number of carbonyl (C=O) groups is 2. The van der Waals surface area contributed by atoms with E-state index in [0.717, 1.165) is 122 Å². The average molecular weight is 831 g/mol. The molecule has 0 saturated heterocycles. The lowest BCUT2D eigenvalue weighted by Gasteiger charge is -2.18. The molecule has 0 saturated carbocycles. The van der Waals surface area contributed by atoms with Crippen LogP contribution in [0.25, 0.3) is 0 Å². The maximum absolute atomic E-state index is 12.6. The van der Waals surface area contributed by atoms with Crippen LogP contribution in [0.5, 0.6) is 0 Å². The Balaban J connectivity index is 4.14. The lowest BCUT2D eigenvalue weighted by atomic mass is 10.1. The molecule has 1 unspecified atom stereocenters. The Morgan fingerprint density at radius 1 is 0.383 bits per heavy atom. The zero-order valence-corrected chi connectivity index (χ0v) is 38.9. The van der Waals surface area contributed by atoms with E-state index in [0.29, 0.717) is 19.4 Å². The van der Waals surface area contributed by atoms with Crippen LogP contribution in [-0.2, 0) is 23.8 Å². The molecule has 0 N–H and O–H groups in total. The van der Waals surface area contributed by atoms with Gasteiger partial charge < -0.3 is 14.2 Å². The van der Waals surface area contributed by atoms with Crippen molar-refractivity contribution in [3.63, 3.8) is 0 Å². The second-order valence-electron chi connectivity index (χ2n) is 15.6. The van der Waals surface area contributed by atoms with E-state index in [2.05, 4.69) is 130 Å². The lowest BCUT2D eigenvalue weighted by molar-refractivity contribution is -0.163. The second kappa shape index (κ2) is 49.9. The summed E-state index contributed by atoms with van der Waals surface area (Å²) >= 11 is 0. The van der Waals surface area contributed by atoms with Crippen LogP contribution in [0.15, 0.2) is 109 Å². The molecule has 0 aliphatic heterocycles. The van der Waals surface area contributed by atoms with Crippen molar-refractivity contribution in [3.05, 3.63) is 109 Å². The number of carbonyl (C=O) groups excluding carboxylic acids is 2. The van der Waals surface area contributed by atoms with Crippen LogP contribution in [0.4, 0.5) is 0 Å². The van der Waals surface area contributed by atoms with Gasteiger partial charge in [-0.3, -0.25) is 9.59 Å². The predicted molar refractivity (Wildman–Crippen MR) is 260 cm³/mol. The Hall–Kier alpha value is -3.44. The zero-order chi connectivity index (χ0) is 43.5. The summed E-state index contributed by atoms with van der Waals surface area (Å²) in [5.74, 6) is -0.461. The van der Waals surface area contributed by atoms with Crippen LogP contribution in [0.2, 0.25) is 0 Å². The number of hydrogen-bond acceptors (Lipinski definition) is 5. The number of hydrogen-bond donors (Lipinski definition) is 0. The maximum atomic E-state index is 12.6. The first kappa shape index (κ1) is 56.6. The topological polar surface area (TPSA) is 61.8 Å². The Morgan fingerprint density at radius 3 is 1.22 bits per heavy atom. The molecule has 0 spiro atoms. The van der Waals surface area contributed by atoms with Crippen molar-refractivity contribution < 1.29 is 23.8 Å². The van der Waals surface area contributed by atoms with Crippen LogP contribution in [-0.4, -0.2) is 37.9 Å². The molecular weight excluding hydrogens is 741 g/mol. The van der Waals surface area contributed by atoms with E-state index >= 15 is 0 Å². The van der Waals surface area contributed by atoms with Gasteiger partial charge >= 0.3 is 11.9 Å². The van der Waals surface area contributed by atoms with Crippen molar-refractivity contribution in [2.45, 2.75) is 207 Å². The van der Waals surface area contributed by atoms with Gasteiger partial charge in [-0.05, 0) is 103 Å². The predicted octanol–water partition coefficient (Wildman–Crippen LogP) is 16.4. The minimum Gasteiger partial charge on any atom is -0.462 e. The van der Waals surface area contributed by atoms with E-state index in [1.54, 1.807) is 0 Å². The molecule has 60 heavy (non-hydrogen) atoms. The largest absolute Gasteiger partial charge is 0.462 e. The first-order chi connectivity index (χ1) is 29.6. The van der Waals surface area contributed by atoms with Crippen LogP contribution < -0.4 is 0 Å². The standard InChI is InChI=1S/C55H90O5/c1-4-7-10-13-15-17-19-21-23-25-27-29-31-33-35-37-39-41-44-47-50-58-51-53(60-55(57)49-46-42-12-9-6-3)52-59-54(56)48-45-43-40-38-36-34-32-30-28-26-24-22-20-18-16-14-11-8-5-2/h7-8,10-11,15-18,21-24,27-30,34,36,53H,4-6,9,12-14,19-20,25-26,31-33,35,37-52H2,1-3H3/b10-7-,11-8-,17-15-,18-16-,23-21-,24-22-,29-27-,30-28-,36-34-. The van der Waals surface area contributed by atoms with Gasteiger partial charge in [0.15, 0.2) is 6.10 Å². The van der Waals surface area contributed by atoms with E-state index < -0.39 is 6.10 Å². The molecule has 0 bridgehead atoms. The van der Waals surface area contributed by atoms with Crippen molar-refractivity contribution in [3.8, 4) is 0 Å². The highest BCUT2D eigenvalue weighted by Crippen LogP contribution is 2.12. The van der Waals surface area contributed by atoms with Crippen LogP contribution in [0.3, 0.4) is 0 Å². The molecule has 0 heterocycles. The summed E-state index contributed by atoms with van der Waals surface area (Å²) in [6.45, 7) is 7.45. The van der Waals surface area contributed by atoms with Crippen LogP contribution >= 0.6 is 0 Å². The quantitative estimate of drug-likeness (QED) is 0.0348. The summed E-state index contributed by atoms with van der Waals surface area (Å²) in [6.07, 6.45) is 68.4. The summed E-state index contributed by atoms with van der Waals surface area (Å²) in [4.78, 5) is 25.1. The molecule has 5 nitrogen and oxygen atoms in total. The van der Waals surface area contributed by atoms with E-state index in [1.807, 2.05) is 0 Å². The molecule has 340 valence electrons. The summed E-state index contributed by atoms with van der Waals surface area (Å²) in [5.41, 5.74) is 0. The zero-order valence-electron chi connectivity index (χ0n) is 38.9. The third-order valence-electron chi connectivity index (χ3n) is 9.80. The van der Waals surface area contributed by atoms with Gasteiger partial charge in [0.1, 0.15) is 6.61 Å². The minimum absolute atomic E-state index is 0.0569. The van der Waals surface area contributed by atoms with Gasteiger partial charge in [-0.1, -0.05) is 194 Å². The van der Waals surface area contributed by atoms with Crippen LogP contribution in [0, 0.1) is 0 Å². The Labute approximate surface area is 370 Å². The van der Waals surface area contributed by atoms with Crippen LogP contribution in [0.1, 0.15) is 201 Å². The third-order valence-corrected chi connectivity index (χ3v) is 9.80. The summed E-state index contributed by atoms with van der Waals surface area (Å²) in [7, 11) is 0. The first-order valence-corrected chi connectivity index (χ1v) is 24.4. The smallest absolute Gasteiger partial charge is 0.306 e. The first-order valence-electron chi connectivity index (χ1n) is 24.4. The fourth-order valence-corrected chi connectivity index (χ4v) is 6.23. The van der Waals surface area contributed by atoms with E-state index in [-0.39, 0.29) is 25.2 Å². The van der Waals surface area contributed by atoms with Gasteiger partial charge in [-0.15, -0.1) is 0 Å². The number of allylic oxidation sites excluding steroid dienone is 18. The molecule has 0 radical (unpaired) electrons. The molecule has 0 aliphatic rings. The van der Waals surface area contributed by atoms with E-state index in [4.69, 9.17) is 14.2 Å². The molecular formula is C55H90O5. The molecule has 0 aromatic heterocycles. The molecule has 0 aromatic rings. The van der Waals surface area contributed by atoms with Crippen molar-refractivity contribution in [1.82, 2.24) is 0 Å². The third kappa shape index (κ3) is 47.2. The summed E-state index contributed by atoms with van der Waals surface area (Å²) in [6, 6.07) is 0. The number of unbranched alkanes of at least 4 members (excludes halogenated alkanes) is 14. The highest BCUT2D eigenvalue weighted by molar-refractivity contribution is 5.70. The lowest BCUT2D eigenvalue weighted by Crippen LogP contribution is -2.30. The minimum atomic E-state index is -0.558. The average Bonchev–Trinajstić information content (AvgIpc) is 3.25. The fourth-order valence-electron chi connectivity index (χ4n) is 6.23. The Morgan fingerprint density at radius 2 is 0.750 bits per heavy atom. The van der Waals surface area contributed by atoms with Gasteiger partial charge in [-0.25, -0.2) is 0 Å². The van der Waals surface area contributed by atoms with E-state index in [9.17, 15) is 9.59 Å². The highest BCUT2D eigenvalue weighted by Gasteiger charge is 2.17. The Kier molecular flexibility index (Phi) is 47.1. The molecule has 1 atom stereocenters. The number of rotatable bonds is 43. The van der Waals surface area contributed by atoms with Crippen molar-refractivity contribution in [2.75, 3.05) is 19.8 Å². The molecule has 0 rings (SSSR count). The number of esters is 2. The normalized spacial score (nSPS) is 13.2. The fraction of sp³-hybridized carbons (Fsp3) is 0.636. The van der Waals surface area contributed by atoms with Gasteiger partial charge in [-0.2, -0.15) is 0 Å². The number of ether oxygens (including phenoxy) is 3. The monoisotopic (exact) mass is 831 g/mol. The molecule has 0 amide bonds. The molecule has 0 aromatic carbocycles. The van der Waals surface area contributed by atoms with Gasteiger partial charge in [0.25, 0.3) is 0 Å².